The van der Waals surface area contributed by atoms with E-state index in [4.69, 9.17) is 5.73 Å². The first-order valence-electron chi connectivity index (χ1n) is 6.75. The van der Waals surface area contributed by atoms with E-state index in [9.17, 15) is 4.79 Å². The van der Waals surface area contributed by atoms with Crippen LogP contribution in [0.15, 0.2) is 0 Å². The average Bonchev–Trinajstić information content (AvgIpc) is 3.10. The Kier molecular flexibility index (Phi) is 3.85. The van der Waals surface area contributed by atoms with Gasteiger partial charge in [-0.2, -0.15) is 0 Å². The molecule has 0 unspecified atom stereocenters. The maximum Gasteiger partial charge on any atom is 0.239 e. The predicted octanol–water partition coefficient (Wildman–Crippen LogP) is 1.76. The summed E-state index contributed by atoms with van der Waals surface area (Å²) in [5.41, 5.74) is 5.93. The summed E-state index contributed by atoms with van der Waals surface area (Å²) in [7, 11) is 0. The third-order valence-electron chi connectivity index (χ3n) is 3.58. The van der Waals surface area contributed by atoms with E-state index in [1.165, 1.54) is 25.7 Å². The number of amides is 1. The SMILES string of the molecule is CCC[C@@H](N)C(=O)N(CC1CC1)CC1CC1. The van der Waals surface area contributed by atoms with Crippen LogP contribution in [0.5, 0.6) is 0 Å². The Morgan fingerprint density at radius 1 is 1.25 bits per heavy atom. The summed E-state index contributed by atoms with van der Waals surface area (Å²) in [6, 6.07) is -0.262. The normalized spacial score (nSPS) is 21.9. The molecule has 2 saturated carbocycles. The first kappa shape index (κ1) is 11.9. The molecule has 0 radical (unpaired) electrons. The molecule has 2 aliphatic rings. The molecule has 1 atom stereocenters. The highest BCUT2D eigenvalue weighted by molar-refractivity contribution is 5.81. The van der Waals surface area contributed by atoms with Crippen LogP contribution in [0, 0.1) is 11.8 Å². The van der Waals surface area contributed by atoms with Gasteiger partial charge in [-0.25, -0.2) is 0 Å². The third-order valence-corrected chi connectivity index (χ3v) is 3.58. The van der Waals surface area contributed by atoms with Crippen LogP contribution in [0.1, 0.15) is 45.4 Å². The highest BCUT2D eigenvalue weighted by Crippen LogP contribution is 2.33. The van der Waals surface area contributed by atoms with Crippen LogP contribution in [0.2, 0.25) is 0 Å². The van der Waals surface area contributed by atoms with Crippen molar-refractivity contribution in [2.75, 3.05) is 13.1 Å². The fourth-order valence-electron chi connectivity index (χ4n) is 2.15. The molecule has 0 aromatic heterocycles. The Morgan fingerprint density at radius 3 is 2.12 bits per heavy atom. The van der Waals surface area contributed by atoms with Gasteiger partial charge in [-0.3, -0.25) is 4.79 Å². The van der Waals surface area contributed by atoms with Crippen LogP contribution < -0.4 is 5.73 Å². The molecule has 3 nitrogen and oxygen atoms in total. The molecule has 0 saturated heterocycles. The second kappa shape index (κ2) is 5.17. The largest absolute Gasteiger partial charge is 0.341 e. The molecule has 16 heavy (non-hydrogen) atoms. The van der Waals surface area contributed by atoms with Crippen LogP contribution in [-0.4, -0.2) is 29.9 Å². The highest BCUT2D eigenvalue weighted by Gasteiger charge is 2.32. The molecule has 0 spiro atoms. The van der Waals surface area contributed by atoms with E-state index in [-0.39, 0.29) is 11.9 Å². The van der Waals surface area contributed by atoms with Gasteiger partial charge >= 0.3 is 0 Å². The van der Waals surface area contributed by atoms with Gasteiger partial charge in [0, 0.05) is 13.1 Å². The van der Waals surface area contributed by atoms with Crippen molar-refractivity contribution in [3.63, 3.8) is 0 Å². The number of nitrogens with two attached hydrogens (primary N) is 1. The summed E-state index contributed by atoms with van der Waals surface area (Å²) < 4.78 is 0. The average molecular weight is 224 g/mol. The summed E-state index contributed by atoms with van der Waals surface area (Å²) >= 11 is 0. The Bertz CT molecular complexity index is 232. The van der Waals surface area contributed by atoms with Gasteiger partial charge in [0.15, 0.2) is 0 Å². The minimum Gasteiger partial charge on any atom is -0.341 e. The second-order valence-corrected chi connectivity index (χ2v) is 5.53. The lowest BCUT2D eigenvalue weighted by Gasteiger charge is -2.25. The van der Waals surface area contributed by atoms with Crippen molar-refractivity contribution in [2.45, 2.75) is 51.5 Å². The Morgan fingerprint density at radius 2 is 1.75 bits per heavy atom. The molecular formula is C13H24N2O. The van der Waals surface area contributed by atoms with Crippen molar-refractivity contribution in [1.82, 2.24) is 4.90 Å². The molecule has 2 rings (SSSR count). The molecule has 2 N–H and O–H groups in total. The minimum atomic E-state index is -0.262. The maximum absolute atomic E-state index is 12.2. The van der Waals surface area contributed by atoms with Gasteiger partial charge in [-0.15, -0.1) is 0 Å². The number of carbonyl (C=O) groups excluding carboxylic acids is 1. The maximum atomic E-state index is 12.2. The topological polar surface area (TPSA) is 46.3 Å². The number of carbonyl (C=O) groups is 1. The van der Waals surface area contributed by atoms with Crippen molar-refractivity contribution in [1.29, 1.82) is 0 Å². The van der Waals surface area contributed by atoms with E-state index in [0.29, 0.717) is 0 Å². The van der Waals surface area contributed by atoms with E-state index in [1.807, 2.05) is 0 Å². The Labute approximate surface area is 98.4 Å². The zero-order valence-electron chi connectivity index (χ0n) is 10.3. The Balaban J connectivity index is 1.84. The molecule has 0 aromatic carbocycles. The number of hydrogen-bond donors (Lipinski definition) is 1. The molecule has 1 amide bonds. The lowest BCUT2D eigenvalue weighted by molar-refractivity contribution is -0.133. The van der Waals surface area contributed by atoms with Crippen LogP contribution in [0.4, 0.5) is 0 Å². The van der Waals surface area contributed by atoms with E-state index >= 15 is 0 Å². The fourth-order valence-corrected chi connectivity index (χ4v) is 2.15. The van der Waals surface area contributed by atoms with Gasteiger partial charge < -0.3 is 10.6 Å². The van der Waals surface area contributed by atoms with Crippen LogP contribution in [-0.2, 0) is 4.79 Å². The summed E-state index contributed by atoms with van der Waals surface area (Å²) in [5.74, 6) is 1.74. The highest BCUT2D eigenvalue weighted by atomic mass is 16.2. The number of hydrogen-bond acceptors (Lipinski definition) is 2. The molecule has 0 aromatic rings. The number of nitrogens with zero attached hydrogens (tertiary/aromatic N) is 1. The standard InChI is InChI=1S/C13H24N2O/c1-2-3-12(14)13(16)15(8-10-4-5-10)9-11-6-7-11/h10-12H,2-9,14H2,1H3/t12-/m1/s1. The van der Waals surface area contributed by atoms with Crippen LogP contribution in [0.3, 0.4) is 0 Å². The summed E-state index contributed by atoms with van der Waals surface area (Å²) in [4.78, 5) is 14.2. The van der Waals surface area contributed by atoms with E-state index in [1.54, 1.807) is 0 Å². The molecule has 2 fully saturated rings. The monoisotopic (exact) mass is 224 g/mol. The molecule has 2 aliphatic carbocycles. The zero-order chi connectivity index (χ0) is 11.5. The third kappa shape index (κ3) is 3.48. The summed E-state index contributed by atoms with van der Waals surface area (Å²) in [6.45, 7) is 4.01. The van der Waals surface area contributed by atoms with Crippen molar-refractivity contribution in [3.05, 3.63) is 0 Å². The van der Waals surface area contributed by atoms with Crippen LogP contribution in [0.25, 0.3) is 0 Å². The van der Waals surface area contributed by atoms with E-state index in [0.717, 1.165) is 37.8 Å². The first-order valence-corrected chi connectivity index (χ1v) is 6.75. The van der Waals surface area contributed by atoms with Gasteiger partial charge in [0.25, 0.3) is 0 Å². The lowest BCUT2D eigenvalue weighted by atomic mass is 10.1. The number of rotatable bonds is 7. The molecular weight excluding hydrogens is 200 g/mol. The van der Waals surface area contributed by atoms with Crippen LogP contribution >= 0.6 is 0 Å². The van der Waals surface area contributed by atoms with E-state index < -0.39 is 0 Å². The summed E-state index contributed by atoms with van der Waals surface area (Å²) in [6.07, 6.45) is 7.03. The molecule has 3 heteroatoms. The van der Waals surface area contributed by atoms with Gasteiger partial charge in [0.2, 0.25) is 5.91 Å². The van der Waals surface area contributed by atoms with Crippen molar-refractivity contribution in [2.24, 2.45) is 17.6 Å². The molecule has 0 heterocycles. The van der Waals surface area contributed by atoms with Crippen molar-refractivity contribution >= 4 is 5.91 Å². The minimum absolute atomic E-state index is 0.195. The van der Waals surface area contributed by atoms with Gasteiger partial charge in [-0.05, 0) is 43.9 Å². The summed E-state index contributed by atoms with van der Waals surface area (Å²) in [5, 5.41) is 0. The predicted molar refractivity (Wildman–Crippen MR) is 64.9 cm³/mol. The smallest absolute Gasteiger partial charge is 0.239 e. The second-order valence-electron chi connectivity index (χ2n) is 5.53. The molecule has 92 valence electrons. The van der Waals surface area contributed by atoms with Crippen molar-refractivity contribution < 1.29 is 4.79 Å². The van der Waals surface area contributed by atoms with Crippen molar-refractivity contribution in [3.8, 4) is 0 Å². The van der Waals surface area contributed by atoms with Gasteiger partial charge in [0.05, 0.1) is 6.04 Å². The van der Waals surface area contributed by atoms with E-state index in [2.05, 4.69) is 11.8 Å². The molecule has 0 aliphatic heterocycles. The molecule has 0 bridgehead atoms. The lowest BCUT2D eigenvalue weighted by Crippen LogP contribution is -2.45. The fraction of sp³-hybridized carbons (Fsp3) is 0.923. The zero-order valence-corrected chi connectivity index (χ0v) is 10.3. The van der Waals surface area contributed by atoms with Gasteiger partial charge in [0.1, 0.15) is 0 Å². The Hall–Kier alpha value is -0.570. The quantitative estimate of drug-likeness (QED) is 0.716. The van der Waals surface area contributed by atoms with Gasteiger partial charge in [-0.1, -0.05) is 13.3 Å². The first-order chi connectivity index (χ1) is 7.70.